The Morgan fingerprint density at radius 1 is 0.655 bits per heavy atom. The lowest BCUT2D eigenvalue weighted by atomic mass is 9.91. The predicted octanol–water partition coefficient (Wildman–Crippen LogP) is 7.82. The molecule has 0 aliphatic rings. The van der Waals surface area contributed by atoms with Crippen LogP contribution in [0.25, 0.3) is 32.7 Å². The van der Waals surface area contributed by atoms with E-state index in [-0.39, 0.29) is 0 Å². The van der Waals surface area contributed by atoms with Crippen molar-refractivity contribution in [2.45, 2.75) is 23.6 Å². The Kier molecular flexibility index (Phi) is 4.57. The number of hydrogen-bond donors (Lipinski definition) is 0. The molecule has 2 heteroatoms. The molecule has 0 fully saturated rings. The molecule has 0 aliphatic carbocycles. The Morgan fingerprint density at radius 3 is 2.07 bits per heavy atom. The number of pyridine rings is 1. The number of aryl methyl sites for hydroxylation is 2. The quantitative estimate of drug-likeness (QED) is 0.291. The highest BCUT2D eigenvalue weighted by molar-refractivity contribution is 7.99. The standard InChI is InChI=1S/C27H21NS/c1-18-14-19(2)16-20(15-18)26-22-10-6-7-11-23(22)27(24-12-13-28-17-25(24)26)29-21-8-4-3-5-9-21/h3-17H,1-2H3. The highest BCUT2D eigenvalue weighted by Gasteiger charge is 2.16. The molecule has 5 rings (SSSR count). The van der Waals surface area contributed by atoms with Gasteiger partial charge in [-0.15, -0.1) is 0 Å². The summed E-state index contributed by atoms with van der Waals surface area (Å²) in [6.45, 7) is 4.33. The minimum absolute atomic E-state index is 1.20. The molecule has 1 aromatic heterocycles. The summed E-state index contributed by atoms with van der Waals surface area (Å²) in [6.07, 6.45) is 3.92. The molecule has 0 spiro atoms. The molecular formula is C27H21NS. The summed E-state index contributed by atoms with van der Waals surface area (Å²) in [4.78, 5) is 7.02. The lowest BCUT2D eigenvalue weighted by Gasteiger charge is -2.17. The average Bonchev–Trinajstić information content (AvgIpc) is 2.74. The third-order valence-corrected chi connectivity index (χ3v) is 6.40. The molecule has 0 unspecified atom stereocenters. The fourth-order valence-corrected chi connectivity index (χ4v) is 5.23. The molecule has 0 N–H and O–H groups in total. The van der Waals surface area contributed by atoms with Crippen LogP contribution in [-0.4, -0.2) is 4.98 Å². The monoisotopic (exact) mass is 391 g/mol. The van der Waals surface area contributed by atoms with Crippen LogP contribution in [0.3, 0.4) is 0 Å². The van der Waals surface area contributed by atoms with Crippen molar-refractivity contribution in [3.05, 3.63) is 102 Å². The van der Waals surface area contributed by atoms with Crippen molar-refractivity contribution >= 4 is 33.3 Å². The molecule has 1 nitrogen and oxygen atoms in total. The van der Waals surface area contributed by atoms with Gasteiger partial charge in [0.25, 0.3) is 0 Å². The molecule has 29 heavy (non-hydrogen) atoms. The Morgan fingerprint density at radius 2 is 1.31 bits per heavy atom. The molecule has 0 aliphatic heterocycles. The summed E-state index contributed by atoms with van der Waals surface area (Å²) < 4.78 is 0. The van der Waals surface area contributed by atoms with E-state index in [1.807, 2.05) is 24.2 Å². The first-order valence-corrected chi connectivity index (χ1v) is 10.6. The van der Waals surface area contributed by atoms with Crippen molar-refractivity contribution in [3.63, 3.8) is 0 Å². The Bertz CT molecular complexity index is 1260. The molecule has 4 aromatic carbocycles. The predicted molar refractivity (Wildman–Crippen MR) is 125 cm³/mol. The zero-order chi connectivity index (χ0) is 19.8. The molecule has 0 saturated carbocycles. The SMILES string of the molecule is Cc1cc(C)cc(-c2c3ccccc3c(Sc3ccccc3)c3ccncc23)c1. The maximum atomic E-state index is 4.49. The van der Waals surface area contributed by atoms with Crippen LogP contribution in [-0.2, 0) is 0 Å². The number of aromatic nitrogens is 1. The highest BCUT2D eigenvalue weighted by atomic mass is 32.2. The molecule has 0 radical (unpaired) electrons. The fourth-order valence-electron chi connectivity index (χ4n) is 4.13. The van der Waals surface area contributed by atoms with Crippen molar-refractivity contribution in [1.82, 2.24) is 4.98 Å². The molecule has 0 amide bonds. The van der Waals surface area contributed by atoms with Crippen LogP contribution >= 0.6 is 11.8 Å². The van der Waals surface area contributed by atoms with E-state index in [1.165, 1.54) is 53.6 Å². The zero-order valence-corrected chi connectivity index (χ0v) is 17.3. The van der Waals surface area contributed by atoms with E-state index in [2.05, 4.69) is 97.7 Å². The Hall–Kier alpha value is -3.10. The van der Waals surface area contributed by atoms with E-state index in [1.54, 1.807) is 0 Å². The molecule has 1 heterocycles. The van der Waals surface area contributed by atoms with Crippen LogP contribution in [0.5, 0.6) is 0 Å². The van der Waals surface area contributed by atoms with Gasteiger partial charge in [-0.2, -0.15) is 0 Å². The minimum atomic E-state index is 1.20. The van der Waals surface area contributed by atoms with Gasteiger partial charge in [-0.25, -0.2) is 0 Å². The van der Waals surface area contributed by atoms with Gasteiger partial charge < -0.3 is 0 Å². The van der Waals surface area contributed by atoms with E-state index in [0.29, 0.717) is 0 Å². The van der Waals surface area contributed by atoms with Gasteiger partial charge in [-0.1, -0.05) is 83.6 Å². The van der Waals surface area contributed by atoms with Crippen LogP contribution in [0.4, 0.5) is 0 Å². The lowest BCUT2D eigenvalue weighted by Crippen LogP contribution is -1.91. The van der Waals surface area contributed by atoms with E-state index in [0.717, 1.165) is 0 Å². The normalized spacial score (nSPS) is 11.2. The average molecular weight is 392 g/mol. The van der Waals surface area contributed by atoms with E-state index in [4.69, 9.17) is 0 Å². The molecule has 0 bridgehead atoms. The summed E-state index contributed by atoms with van der Waals surface area (Å²) in [6, 6.07) is 28.3. The zero-order valence-electron chi connectivity index (χ0n) is 16.5. The number of benzene rings is 4. The Labute approximate surface area is 175 Å². The number of nitrogens with zero attached hydrogens (tertiary/aromatic N) is 1. The van der Waals surface area contributed by atoms with Crippen molar-refractivity contribution in [3.8, 4) is 11.1 Å². The van der Waals surface area contributed by atoms with E-state index >= 15 is 0 Å². The summed E-state index contributed by atoms with van der Waals surface area (Å²) in [7, 11) is 0. The van der Waals surface area contributed by atoms with Crippen molar-refractivity contribution in [2.24, 2.45) is 0 Å². The third-order valence-electron chi connectivity index (χ3n) is 5.25. The summed E-state index contributed by atoms with van der Waals surface area (Å²) in [5.41, 5.74) is 5.09. The van der Waals surface area contributed by atoms with Gasteiger partial charge in [0.05, 0.1) is 0 Å². The van der Waals surface area contributed by atoms with Gasteiger partial charge in [0.1, 0.15) is 0 Å². The van der Waals surface area contributed by atoms with Crippen LogP contribution in [0.1, 0.15) is 11.1 Å². The van der Waals surface area contributed by atoms with Crippen LogP contribution in [0.2, 0.25) is 0 Å². The van der Waals surface area contributed by atoms with Gasteiger partial charge in [0, 0.05) is 27.6 Å². The fraction of sp³-hybridized carbons (Fsp3) is 0.0741. The third kappa shape index (κ3) is 3.30. The van der Waals surface area contributed by atoms with Gasteiger partial charge in [0.2, 0.25) is 0 Å². The van der Waals surface area contributed by atoms with Crippen molar-refractivity contribution in [1.29, 1.82) is 0 Å². The van der Waals surface area contributed by atoms with E-state index < -0.39 is 0 Å². The highest BCUT2D eigenvalue weighted by Crippen LogP contribution is 2.45. The molecule has 0 saturated heterocycles. The molecule has 0 atom stereocenters. The van der Waals surface area contributed by atoms with Crippen LogP contribution in [0, 0.1) is 13.8 Å². The Balaban J connectivity index is 1.89. The van der Waals surface area contributed by atoms with Crippen LogP contribution < -0.4 is 0 Å². The maximum absolute atomic E-state index is 4.49. The molecular weight excluding hydrogens is 370 g/mol. The van der Waals surface area contributed by atoms with E-state index in [9.17, 15) is 0 Å². The first-order valence-electron chi connectivity index (χ1n) is 9.81. The number of fused-ring (bicyclic) bond motifs is 2. The topological polar surface area (TPSA) is 12.9 Å². The van der Waals surface area contributed by atoms with Crippen LogP contribution in [0.15, 0.2) is 101 Å². The number of rotatable bonds is 3. The lowest BCUT2D eigenvalue weighted by molar-refractivity contribution is 1.35. The summed E-state index contributed by atoms with van der Waals surface area (Å²) in [5.74, 6) is 0. The van der Waals surface area contributed by atoms with Gasteiger partial charge >= 0.3 is 0 Å². The second-order valence-corrected chi connectivity index (χ2v) is 8.55. The molecule has 5 aromatic rings. The number of hydrogen-bond acceptors (Lipinski definition) is 2. The first-order chi connectivity index (χ1) is 14.2. The summed E-state index contributed by atoms with van der Waals surface area (Å²) >= 11 is 1.83. The van der Waals surface area contributed by atoms with Gasteiger partial charge in [-0.05, 0) is 59.3 Å². The second kappa shape index (κ2) is 7.38. The van der Waals surface area contributed by atoms with Crippen molar-refractivity contribution < 1.29 is 0 Å². The minimum Gasteiger partial charge on any atom is -0.264 e. The van der Waals surface area contributed by atoms with Gasteiger partial charge in [0.15, 0.2) is 0 Å². The summed E-state index contributed by atoms with van der Waals surface area (Å²) in [5, 5.41) is 5.02. The van der Waals surface area contributed by atoms with Gasteiger partial charge in [-0.3, -0.25) is 4.98 Å². The first kappa shape index (κ1) is 18.0. The largest absolute Gasteiger partial charge is 0.264 e. The molecule has 140 valence electrons. The maximum Gasteiger partial charge on any atom is 0.0353 e. The smallest absolute Gasteiger partial charge is 0.0353 e. The second-order valence-electron chi connectivity index (χ2n) is 7.46. The van der Waals surface area contributed by atoms with Crippen molar-refractivity contribution in [2.75, 3.05) is 0 Å².